The Hall–Kier alpha value is -1.28. The van der Waals surface area contributed by atoms with Gasteiger partial charge in [-0.2, -0.15) is 0 Å². The Bertz CT molecular complexity index is 594. The summed E-state index contributed by atoms with van der Waals surface area (Å²) >= 11 is 0. The van der Waals surface area contributed by atoms with Crippen molar-refractivity contribution >= 4 is 19.1 Å². The third-order valence-electron chi connectivity index (χ3n) is 4.17. The number of fused-ring (bicyclic) bond motifs is 1. The van der Waals surface area contributed by atoms with E-state index in [1.54, 1.807) is 0 Å². The molecule has 0 amide bonds. The predicted octanol–water partition coefficient (Wildman–Crippen LogP) is 5.53. The van der Waals surface area contributed by atoms with E-state index in [4.69, 9.17) is 4.43 Å². The molecule has 0 unspecified atom stereocenters. The maximum atomic E-state index is 6.46. The molecule has 19 heavy (non-hydrogen) atoms. The van der Waals surface area contributed by atoms with E-state index in [0.29, 0.717) is 0 Å². The molecule has 0 aliphatic heterocycles. The third-order valence-corrected chi connectivity index (χ3v) is 8.51. The van der Waals surface area contributed by atoms with Crippen LogP contribution in [0.3, 0.4) is 0 Å². The fraction of sp³-hybridized carbons (Fsp3) is 0.412. The van der Waals surface area contributed by atoms with Gasteiger partial charge < -0.3 is 4.43 Å². The van der Waals surface area contributed by atoms with Gasteiger partial charge in [0.15, 0.2) is 0 Å². The second-order valence-corrected chi connectivity index (χ2v) is 11.6. The second-order valence-electron chi connectivity index (χ2n) is 6.84. The quantitative estimate of drug-likeness (QED) is 0.653. The van der Waals surface area contributed by atoms with Crippen LogP contribution in [0.2, 0.25) is 18.1 Å². The molecule has 0 aliphatic carbocycles. The van der Waals surface area contributed by atoms with Crippen molar-refractivity contribution in [3.8, 4) is 5.75 Å². The van der Waals surface area contributed by atoms with Crippen molar-refractivity contribution in [3.05, 3.63) is 42.0 Å². The Kier molecular flexibility index (Phi) is 3.48. The summed E-state index contributed by atoms with van der Waals surface area (Å²) in [5.41, 5.74) is 1.29. The zero-order valence-corrected chi connectivity index (χ0v) is 13.9. The number of aryl methyl sites for hydroxylation is 1. The summed E-state index contributed by atoms with van der Waals surface area (Å²) in [6.07, 6.45) is 0. The van der Waals surface area contributed by atoms with Gasteiger partial charge in [-0.25, -0.2) is 0 Å². The fourth-order valence-corrected chi connectivity index (χ4v) is 2.92. The van der Waals surface area contributed by atoms with Crippen LogP contribution in [0.4, 0.5) is 0 Å². The Balaban J connectivity index is 2.47. The molecule has 2 aromatic carbocycles. The van der Waals surface area contributed by atoms with E-state index in [0.717, 1.165) is 5.75 Å². The Morgan fingerprint density at radius 3 is 2.32 bits per heavy atom. The lowest BCUT2D eigenvalue weighted by molar-refractivity contribution is 0.496. The van der Waals surface area contributed by atoms with Gasteiger partial charge in [-0.05, 0) is 36.5 Å². The number of rotatable bonds is 2. The first-order valence-electron chi connectivity index (χ1n) is 6.89. The van der Waals surface area contributed by atoms with Gasteiger partial charge in [-0.3, -0.25) is 0 Å². The molecule has 0 bridgehead atoms. The summed E-state index contributed by atoms with van der Waals surface area (Å²) in [5.74, 6) is 1.03. The maximum absolute atomic E-state index is 6.46. The van der Waals surface area contributed by atoms with Gasteiger partial charge in [0.25, 0.3) is 8.32 Å². The molecule has 102 valence electrons. The number of hydrogen-bond acceptors (Lipinski definition) is 1. The normalized spacial score (nSPS) is 12.7. The third kappa shape index (κ3) is 2.84. The lowest BCUT2D eigenvalue weighted by atomic mass is 10.1. The highest BCUT2D eigenvalue weighted by atomic mass is 28.4. The molecule has 2 aromatic rings. The van der Waals surface area contributed by atoms with Crippen molar-refractivity contribution < 1.29 is 4.43 Å². The maximum Gasteiger partial charge on any atom is 0.250 e. The smallest absolute Gasteiger partial charge is 0.250 e. The molecule has 0 saturated carbocycles. The molecule has 0 N–H and O–H groups in total. The molecule has 2 heteroatoms. The summed E-state index contributed by atoms with van der Waals surface area (Å²) in [7, 11) is -1.78. The highest BCUT2D eigenvalue weighted by Crippen LogP contribution is 2.39. The van der Waals surface area contributed by atoms with E-state index in [1.807, 2.05) is 0 Å². The molecule has 0 aromatic heterocycles. The molecule has 0 fully saturated rings. The summed E-state index contributed by atoms with van der Waals surface area (Å²) in [4.78, 5) is 0. The van der Waals surface area contributed by atoms with Crippen molar-refractivity contribution in [3.63, 3.8) is 0 Å². The van der Waals surface area contributed by atoms with Gasteiger partial charge in [0, 0.05) is 5.39 Å². The summed E-state index contributed by atoms with van der Waals surface area (Å²) < 4.78 is 6.46. The standard InChI is InChI=1S/C17H24OSi/c1-13-10-11-15-14(12-13)8-7-9-16(15)18-19(5,6)17(2,3)4/h7-12H,1-6H3. The molecule has 0 saturated heterocycles. The summed E-state index contributed by atoms with van der Waals surface area (Å²) in [6.45, 7) is 13.5. The molecular formula is C17H24OSi. The van der Waals surface area contributed by atoms with E-state index in [1.165, 1.54) is 16.3 Å². The van der Waals surface area contributed by atoms with Crippen molar-refractivity contribution in [2.75, 3.05) is 0 Å². The van der Waals surface area contributed by atoms with Crippen molar-refractivity contribution in [2.45, 2.75) is 45.8 Å². The molecule has 0 aliphatic rings. The van der Waals surface area contributed by atoms with Crippen LogP contribution in [-0.2, 0) is 0 Å². The molecule has 1 nitrogen and oxygen atoms in total. The largest absolute Gasteiger partial charge is 0.543 e. The van der Waals surface area contributed by atoms with Crippen LogP contribution in [0.15, 0.2) is 36.4 Å². The first-order valence-corrected chi connectivity index (χ1v) is 9.80. The average Bonchev–Trinajstić information content (AvgIpc) is 2.26. The molecule has 2 rings (SSSR count). The van der Waals surface area contributed by atoms with Crippen LogP contribution in [0.25, 0.3) is 10.8 Å². The molecular weight excluding hydrogens is 248 g/mol. The Labute approximate surface area is 117 Å². The van der Waals surface area contributed by atoms with Gasteiger partial charge >= 0.3 is 0 Å². The average molecular weight is 272 g/mol. The lowest BCUT2D eigenvalue weighted by Gasteiger charge is -2.36. The molecule has 0 radical (unpaired) electrons. The van der Waals surface area contributed by atoms with Gasteiger partial charge in [0.05, 0.1) is 0 Å². The minimum atomic E-state index is -1.78. The van der Waals surface area contributed by atoms with Gasteiger partial charge in [0.1, 0.15) is 5.75 Å². The van der Waals surface area contributed by atoms with E-state index < -0.39 is 8.32 Å². The van der Waals surface area contributed by atoms with Crippen LogP contribution >= 0.6 is 0 Å². The van der Waals surface area contributed by atoms with Gasteiger partial charge in [-0.1, -0.05) is 56.7 Å². The first-order chi connectivity index (χ1) is 8.71. The first kappa shape index (κ1) is 14.1. The van der Waals surface area contributed by atoms with E-state index in [-0.39, 0.29) is 5.04 Å². The van der Waals surface area contributed by atoms with Crippen LogP contribution < -0.4 is 4.43 Å². The van der Waals surface area contributed by atoms with Crippen LogP contribution in [0.1, 0.15) is 26.3 Å². The van der Waals surface area contributed by atoms with Crippen LogP contribution in [0.5, 0.6) is 5.75 Å². The SMILES string of the molecule is Cc1ccc2c(O[Si](C)(C)C(C)(C)C)cccc2c1. The van der Waals surface area contributed by atoms with Crippen molar-refractivity contribution in [1.82, 2.24) is 0 Å². The molecule has 0 spiro atoms. The van der Waals surface area contributed by atoms with Gasteiger partial charge in [0.2, 0.25) is 0 Å². The second kappa shape index (κ2) is 4.68. The monoisotopic (exact) mass is 272 g/mol. The van der Waals surface area contributed by atoms with Crippen LogP contribution in [0, 0.1) is 6.92 Å². The fourth-order valence-electron chi connectivity index (χ4n) is 1.89. The number of hydrogen-bond donors (Lipinski definition) is 0. The topological polar surface area (TPSA) is 9.23 Å². The minimum absolute atomic E-state index is 0.222. The zero-order chi connectivity index (χ0) is 14.3. The van der Waals surface area contributed by atoms with E-state index in [9.17, 15) is 0 Å². The zero-order valence-electron chi connectivity index (χ0n) is 12.9. The Morgan fingerprint density at radius 1 is 1.00 bits per heavy atom. The predicted molar refractivity (Wildman–Crippen MR) is 86.5 cm³/mol. The highest BCUT2D eigenvalue weighted by Gasteiger charge is 2.39. The van der Waals surface area contributed by atoms with E-state index >= 15 is 0 Å². The van der Waals surface area contributed by atoms with Gasteiger partial charge in [-0.15, -0.1) is 0 Å². The summed E-state index contributed by atoms with van der Waals surface area (Å²) in [6, 6.07) is 12.9. The van der Waals surface area contributed by atoms with Crippen molar-refractivity contribution in [2.24, 2.45) is 0 Å². The number of benzene rings is 2. The van der Waals surface area contributed by atoms with Crippen molar-refractivity contribution in [1.29, 1.82) is 0 Å². The Morgan fingerprint density at radius 2 is 1.68 bits per heavy atom. The highest BCUT2D eigenvalue weighted by molar-refractivity contribution is 6.74. The summed E-state index contributed by atoms with van der Waals surface area (Å²) in [5, 5.41) is 2.70. The lowest BCUT2D eigenvalue weighted by Crippen LogP contribution is -2.43. The van der Waals surface area contributed by atoms with E-state index in [2.05, 4.69) is 77.2 Å². The molecule has 0 atom stereocenters. The minimum Gasteiger partial charge on any atom is -0.543 e. The molecule has 0 heterocycles. The van der Waals surface area contributed by atoms with Crippen LogP contribution in [-0.4, -0.2) is 8.32 Å².